The van der Waals surface area contributed by atoms with Gasteiger partial charge < -0.3 is 10.1 Å². The van der Waals surface area contributed by atoms with E-state index in [4.69, 9.17) is 27.9 Å². The first kappa shape index (κ1) is 18.8. The zero-order chi connectivity index (χ0) is 18.9. The van der Waals surface area contributed by atoms with Gasteiger partial charge in [-0.15, -0.1) is 0 Å². The number of rotatable bonds is 4. The molecule has 0 aromatic heterocycles. The Hall–Kier alpha value is -1.96. The Bertz CT molecular complexity index is 950. The second-order valence-corrected chi connectivity index (χ2v) is 8.64. The molecule has 6 nitrogen and oxygen atoms in total. The van der Waals surface area contributed by atoms with Crippen molar-refractivity contribution in [3.63, 3.8) is 0 Å². The molecule has 1 aliphatic heterocycles. The molecule has 138 valence electrons. The number of carbonyl (C=O) groups excluding carboxylic acids is 1. The van der Waals surface area contributed by atoms with Gasteiger partial charge in [-0.1, -0.05) is 35.3 Å². The molecule has 2 aromatic carbocycles. The molecular weight excluding hydrogens is 399 g/mol. The minimum atomic E-state index is -3.56. The SMILES string of the molecule is CCS(=O)(=O)N1C[C@H](C(=O)Nc2ccc(Cl)cc2Cl)Oc2ccccc21. The van der Waals surface area contributed by atoms with Crippen LogP contribution >= 0.6 is 23.2 Å². The van der Waals surface area contributed by atoms with Crippen molar-refractivity contribution in [2.45, 2.75) is 13.0 Å². The average molecular weight is 415 g/mol. The summed E-state index contributed by atoms with van der Waals surface area (Å²) in [5.74, 6) is -0.253. The molecule has 0 bridgehead atoms. The maximum Gasteiger partial charge on any atom is 0.267 e. The van der Waals surface area contributed by atoms with Gasteiger partial charge in [0.25, 0.3) is 5.91 Å². The summed E-state index contributed by atoms with van der Waals surface area (Å²) in [6, 6.07) is 11.4. The van der Waals surface area contributed by atoms with Crippen molar-refractivity contribution in [2.24, 2.45) is 0 Å². The maximum atomic E-state index is 12.6. The monoisotopic (exact) mass is 414 g/mol. The number of sulfonamides is 1. The molecule has 0 saturated heterocycles. The zero-order valence-corrected chi connectivity index (χ0v) is 16.1. The van der Waals surface area contributed by atoms with Crippen LogP contribution in [0.2, 0.25) is 10.0 Å². The van der Waals surface area contributed by atoms with Gasteiger partial charge in [-0.3, -0.25) is 9.10 Å². The predicted molar refractivity (Wildman–Crippen MR) is 103 cm³/mol. The van der Waals surface area contributed by atoms with Crippen molar-refractivity contribution in [2.75, 3.05) is 21.9 Å². The molecule has 1 atom stereocenters. The van der Waals surface area contributed by atoms with Gasteiger partial charge in [0, 0.05) is 5.02 Å². The lowest BCUT2D eigenvalue weighted by molar-refractivity contribution is -0.122. The molecule has 2 aromatic rings. The fraction of sp³-hybridized carbons (Fsp3) is 0.235. The van der Waals surface area contributed by atoms with Crippen molar-refractivity contribution >= 4 is 50.5 Å². The Kier molecular flexibility index (Phi) is 5.32. The van der Waals surface area contributed by atoms with Gasteiger partial charge in [0.15, 0.2) is 6.10 Å². The van der Waals surface area contributed by atoms with E-state index >= 15 is 0 Å². The van der Waals surface area contributed by atoms with Gasteiger partial charge in [-0.05, 0) is 37.3 Å². The van der Waals surface area contributed by atoms with Crippen LogP contribution in [0.4, 0.5) is 11.4 Å². The first-order valence-electron chi connectivity index (χ1n) is 7.84. The van der Waals surface area contributed by atoms with Crippen LogP contribution in [-0.4, -0.2) is 32.7 Å². The highest BCUT2D eigenvalue weighted by molar-refractivity contribution is 7.92. The predicted octanol–water partition coefficient (Wildman–Crippen LogP) is 3.55. The third-order valence-electron chi connectivity index (χ3n) is 3.92. The number of carbonyl (C=O) groups is 1. The molecule has 1 heterocycles. The summed E-state index contributed by atoms with van der Waals surface area (Å²) < 4.78 is 31.8. The molecule has 0 fully saturated rings. The van der Waals surface area contributed by atoms with E-state index in [2.05, 4.69) is 5.32 Å². The van der Waals surface area contributed by atoms with E-state index in [9.17, 15) is 13.2 Å². The maximum absolute atomic E-state index is 12.6. The number of fused-ring (bicyclic) bond motifs is 1. The fourth-order valence-corrected chi connectivity index (χ4v) is 4.14. The van der Waals surface area contributed by atoms with E-state index in [1.54, 1.807) is 43.3 Å². The van der Waals surface area contributed by atoms with Gasteiger partial charge in [0.05, 0.1) is 28.7 Å². The molecule has 9 heteroatoms. The van der Waals surface area contributed by atoms with E-state index in [0.717, 1.165) is 0 Å². The molecule has 0 spiro atoms. The van der Waals surface area contributed by atoms with Crippen LogP contribution in [0.25, 0.3) is 0 Å². The number of anilines is 2. The smallest absolute Gasteiger partial charge is 0.267 e. The van der Waals surface area contributed by atoms with Gasteiger partial charge in [-0.2, -0.15) is 0 Å². The summed E-state index contributed by atoms with van der Waals surface area (Å²) in [4.78, 5) is 12.6. The molecule has 3 rings (SSSR count). The number of amides is 1. The van der Waals surface area contributed by atoms with Gasteiger partial charge in [0.1, 0.15) is 5.75 Å². The average Bonchev–Trinajstić information content (AvgIpc) is 2.63. The summed E-state index contributed by atoms with van der Waals surface area (Å²) in [5.41, 5.74) is 0.788. The van der Waals surface area contributed by atoms with Crippen molar-refractivity contribution in [1.29, 1.82) is 0 Å². The molecule has 1 aliphatic rings. The summed E-state index contributed by atoms with van der Waals surface area (Å²) in [5, 5.41) is 3.37. The summed E-state index contributed by atoms with van der Waals surface area (Å²) >= 11 is 11.9. The second-order valence-electron chi connectivity index (χ2n) is 5.62. The lowest BCUT2D eigenvalue weighted by Gasteiger charge is -2.34. The van der Waals surface area contributed by atoms with Crippen LogP contribution in [0, 0.1) is 0 Å². The van der Waals surface area contributed by atoms with E-state index in [1.165, 1.54) is 10.4 Å². The standard InChI is InChI=1S/C17H16Cl2N2O4S/c1-2-26(23,24)21-10-16(25-15-6-4-3-5-14(15)21)17(22)20-13-8-7-11(18)9-12(13)19/h3-9,16H,2,10H2,1H3,(H,20,22)/t16-/m1/s1. The Morgan fingerprint density at radius 2 is 2.00 bits per heavy atom. The minimum Gasteiger partial charge on any atom is -0.476 e. The van der Waals surface area contributed by atoms with Crippen LogP contribution in [-0.2, 0) is 14.8 Å². The summed E-state index contributed by atoms with van der Waals surface area (Å²) in [6.07, 6.45) is -1.02. The first-order chi connectivity index (χ1) is 12.3. The van der Waals surface area contributed by atoms with Crippen LogP contribution in [0.5, 0.6) is 5.75 Å². The fourth-order valence-electron chi connectivity index (χ4n) is 2.56. The van der Waals surface area contributed by atoms with E-state index in [1.807, 2.05) is 0 Å². The summed E-state index contributed by atoms with van der Waals surface area (Å²) in [7, 11) is -3.56. The number of benzene rings is 2. The molecule has 0 unspecified atom stereocenters. The highest BCUT2D eigenvalue weighted by Crippen LogP contribution is 2.35. The van der Waals surface area contributed by atoms with Gasteiger partial charge in [0.2, 0.25) is 10.0 Å². The number of ether oxygens (including phenoxy) is 1. The Morgan fingerprint density at radius 3 is 2.69 bits per heavy atom. The Labute approximate surface area is 161 Å². The number of hydrogen-bond donors (Lipinski definition) is 1. The van der Waals surface area contributed by atoms with Gasteiger partial charge in [-0.25, -0.2) is 8.42 Å². The first-order valence-corrected chi connectivity index (χ1v) is 10.2. The molecule has 26 heavy (non-hydrogen) atoms. The Balaban J connectivity index is 1.88. The third kappa shape index (κ3) is 3.75. The van der Waals surface area contributed by atoms with Crippen molar-refractivity contribution in [3.8, 4) is 5.75 Å². The van der Waals surface area contributed by atoms with E-state index < -0.39 is 22.0 Å². The quantitative estimate of drug-likeness (QED) is 0.829. The number of para-hydroxylation sites is 2. The van der Waals surface area contributed by atoms with Crippen molar-refractivity contribution < 1.29 is 17.9 Å². The van der Waals surface area contributed by atoms with E-state index in [-0.39, 0.29) is 17.3 Å². The summed E-state index contributed by atoms with van der Waals surface area (Å²) in [6.45, 7) is 1.43. The molecule has 1 amide bonds. The molecule has 0 saturated carbocycles. The zero-order valence-electron chi connectivity index (χ0n) is 13.8. The number of hydrogen-bond acceptors (Lipinski definition) is 4. The topological polar surface area (TPSA) is 75.7 Å². The molecule has 0 radical (unpaired) electrons. The third-order valence-corrected chi connectivity index (χ3v) is 6.21. The van der Waals surface area contributed by atoms with Crippen LogP contribution in [0.1, 0.15) is 6.92 Å². The van der Waals surface area contributed by atoms with Gasteiger partial charge >= 0.3 is 0 Å². The van der Waals surface area contributed by atoms with Crippen molar-refractivity contribution in [3.05, 3.63) is 52.5 Å². The van der Waals surface area contributed by atoms with E-state index in [0.29, 0.717) is 22.1 Å². The highest BCUT2D eigenvalue weighted by atomic mass is 35.5. The number of halogens is 2. The molecule has 1 N–H and O–H groups in total. The highest BCUT2D eigenvalue weighted by Gasteiger charge is 2.36. The van der Waals surface area contributed by atoms with Crippen molar-refractivity contribution in [1.82, 2.24) is 0 Å². The number of nitrogens with zero attached hydrogens (tertiary/aromatic N) is 1. The lowest BCUT2D eigenvalue weighted by atomic mass is 10.2. The molecule has 0 aliphatic carbocycles. The largest absolute Gasteiger partial charge is 0.476 e. The number of nitrogens with one attached hydrogen (secondary N) is 1. The Morgan fingerprint density at radius 1 is 1.27 bits per heavy atom. The van der Waals surface area contributed by atoms with Crippen LogP contribution < -0.4 is 14.4 Å². The second kappa shape index (κ2) is 7.34. The normalized spacial score (nSPS) is 16.6. The molecular formula is C17H16Cl2N2O4S. The minimum absolute atomic E-state index is 0.0846. The lowest BCUT2D eigenvalue weighted by Crippen LogP contribution is -2.49. The van der Waals surface area contributed by atoms with Crippen LogP contribution in [0.15, 0.2) is 42.5 Å². The van der Waals surface area contributed by atoms with Crippen LogP contribution in [0.3, 0.4) is 0 Å².